The number of nitrogens with zero attached hydrogens (tertiary/aromatic N) is 1. The van der Waals surface area contributed by atoms with Gasteiger partial charge in [0, 0.05) is 32.3 Å². The van der Waals surface area contributed by atoms with Crippen molar-refractivity contribution >= 4 is 5.78 Å². The van der Waals surface area contributed by atoms with Crippen LogP contribution in [0.1, 0.15) is 18.9 Å². The lowest BCUT2D eigenvalue weighted by Crippen LogP contribution is -2.22. The monoisotopic (exact) mass is 405 g/mol. The molecule has 0 spiro atoms. The number of ketones is 1. The third-order valence-corrected chi connectivity index (χ3v) is 4.78. The van der Waals surface area contributed by atoms with Gasteiger partial charge < -0.3 is 14.2 Å². The van der Waals surface area contributed by atoms with E-state index in [1.165, 1.54) is 0 Å². The van der Waals surface area contributed by atoms with E-state index >= 15 is 0 Å². The summed E-state index contributed by atoms with van der Waals surface area (Å²) >= 11 is 0. The van der Waals surface area contributed by atoms with Crippen molar-refractivity contribution in [2.45, 2.75) is 25.9 Å². The summed E-state index contributed by atoms with van der Waals surface area (Å²) in [5, 5.41) is 0. The number of ether oxygens (including phenoxy) is 3. The summed E-state index contributed by atoms with van der Waals surface area (Å²) in [6.07, 6.45) is 4.53. The van der Waals surface area contributed by atoms with Gasteiger partial charge >= 0.3 is 0 Å². The quantitative estimate of drug-likeness (QED) is 0.431. The number of carbonyl (C=O) groups is 1. The van der Waals surface area contributed by atoms with Crippen molar-refractivity contribution in [3.63, 3.8) is 0 Å². The maximum Gasteiger partial charge on any atom is 0.158 e. The normalized spacial score (nSPS) is 11.7. The molecule has 0 aliphatic rings. The second-order valence-electron chi connectivity index (χ2n) is 6.99. The SMILES string of the molecule is CO[C@@H](Cc1ccc(OCCCOc2ccc(-c3ccncc3)cc2)cc1)C(C)=O. The molecule has 1 atom stereocenters. The molecular formula is C25H27NO4. The lowest BCUT2D eigenvalue weighted by molar-refractivity contribution is -0.126. The Morgan fingerprint density at radius 1 is 0.833 bits per heavy atom. The molecule has 0 amide bonds. The van der Waals surface area contributed by atoms with E-state index in [0.29, 0.717) is 19.6 Å². The molecule has 0 N–H and O–H groups in total. The number of carbonyl (C=O) groups excluding carboxylic acids is 1. The first kappa shape index (κ1) is 21.5. The first-order valence-corrected chi connectivity index (χ1v) is 10.0. The Balaban J connectivity index is 1.37. The second-order valence-corrected chi connectivity index (χ2v) is 6.99. The molecule has 0 aliphatic carbocycles. The third-order valence-electron chi connectivity index (χ3n) is 4.78. The maximum absolute atomic E-state index is 11.5. The molecule has 5 nitrogen and oxygen atoms in total. The van der Waals surface area contributed by atoms with Crippen LogP contribution in [-0.2, 0) is 16.0 Å². The summed E-state index contributed by atoms with van der Waals surface area (Å²) in [5.41, 5.74) is 3.31. The number of benzene rings is 2. The number of rotatable bonds is 11. The van der Waals surface area contributed by atoms with Crippen molar-refractivity contribution in [1.82, 2.24) is 4.98 Å². The van der Waals surface area contributed by atoms with Crippen LogP contribution in [0.5, 0.6) is 11.5 Å². The molecule has 1 aromatic heterocycles. The highest BCUT2D eigenvalue weighted by molar-refractivity contribution is 5.80. The third kappa shape index (κ3) is 6.42. The summed E-state index contributed by atoms with van der Waals surface area (Å²) in [7, 11) is 1.56. The van der Waals surface area contributed by atoms with E-state index in [1.54, 1.807) is 26.4 Å². The molecule has 0 bridgehead atoms. The first-order valence-electron chi connectivity index (χ1n) is 10.0. The number of pyridine rings is 1. The fraction of sp³-hybridized carbons (Fsp3) is 0.280. The predicted molar refractivity (Wildman–Crippen MR) is 117 cm³/mol. The Labute approximate surface area is 177 Å². The van der Waals surface area contributed by atoms with Gasteiger partial charge in [-0.3, -0.25) is 9.78 Å². The molecule has 30 heavy (non-hydrogen) atoms. The molecule has 3 aromatic rings. The molecular weight excluding hydrogens is 378 g/mol. The fourth-order valence-electron chi connectivity index (χ4n) is 3.06. The first-order chi connectivity index (χ1) is 14.7. The van der Waals surface area contributed by atoms with Gasteiger partial charge in [0.05, 0.1) is 13.2 Å². The van der Waals surface area contributed by atoms with E-state index in [4.69, 9.17) is 14.2 Å². The second kappa shape index (κ2) is 11.1. The van der Waals surface area contributed by atoms with Crippen LogP contribution in [0.25, 0.3) is 11.1 Å². The molecule has 0 radical (unpaired) electrons. The van der Waals surface area contributed by atoms with E-state index in [1.807, 2.05) is 60.7 Å². The van der Waals surface area contributed by atoms with Crippen molar-refractivity contribution in [2.75, 3.05) is 20.3 Å². The van der Waals surface area contributed by atoms with Gasteiger partial charge in [0.2, 0.25) is 0 Å². The molecule has 156 valence electrons. The maximum atomic E-state index is 11.5. The van der Waals surface area contributed by atoms with Crippen LogP contribution >= 0.6 is 0 Å². The van der Waals surface area contributed by atoms with Gasteiger partial charge in [-0.1, -0.05) is 24.3 Å². The Hall–Kier alpha value is -3.18. The molecule has 5 heteroatoms. The molecule has 1 heterocycles. The summed E-state index contributed by atoms with van der Waals surface area (Å²) in [4.78, 5) is 15.5. The minimum absolute atomic E-state index is 0.0323. The van der Waals surface area contributed by atoms with Crippen molar-refractivity contribution in [1.29, 1.82) is 0 Å². The van der Waals surface area contributed by atoms with E-state index in [0.717, 1.165) is 34.6 Å². The van der Waals surface area contributed by atoms with Gasteiger partial charge in [-0.2, -0.15) is 0 Å². The molecule has 0 fully saturated rings. The van der Waals surface area contributed by atoms with Crippen LogP contribution in [0.4, 0.5) is 0 Å². The minimum atomic E-state index is -0.396. The molecule has 0 saturated carbocycles. The van der Waals surface area contributed by atoms with Gasteiger partial charge in [-0.05, 0) is 60.0 Å². The minimum Gasteiger partial charge on any atom is -0.493 e. The Morgan fingerprint density at radius 3 is 1.90 bits per heavy atom. The van der Waals surface area contributed by atoms with E-state index in [2.05, 4.69) is 4.98 Å². The topological polar surface area (TPSA) is 57.6 Å². The Morgan fingerprint density at radius 2 is 1.37 bits per heavy atom. The van der Waals surface area contributed by atoms with Crippen LogP contribution < -0.4 is 9.47 Å². The number of hydrogen-bond donors (Lipinski definition) is 0. The summed E-state index contributed by atoms with van der Waals surface area (Å²) < 4.78 is 16.8. The van der Waals surface area contributed by atoms with Gasteiger partial charge in [-0.15, -0.1) is 0 Å². The zero-order chi connectivity index (χ0) is 21.2. The van der Waals surface area contributed by atoms with Gasteiger partial charge in [-0.25, -0.2) is 0 Å². The van der Waals surface area contributed by atoms with Crippen LogP contribution in [0, 0.1) is 0 Å². The van der Waals surface area contributed by atoms with E-state index in [-0.39, 0.29) is 5.78 Å². The van der Waals surface area contributed by atoms with Crippen LogP contribution in [0.3, 0.4) is 0 Å². The van der Waals surface area contributed by atoms with Gasteiger partial charge in [0.25, 0.3) is 0 Å². The number of aromatic nitrogens is 1. The average molecular weight is 405 g/mol. The average Bonchev–Trinajstić information content (AvgIpc) is 2.79. The van der Waals surface area contributed by atoms with Crippen LogP contribution in [0.15, 0.2) is 73.1 Å². The highest BCUT2D eigenvalue weighted by Gasteiger charge is 2.13. The van der Waals surface area contributed by atoms with Crippen molar-refractivity contribution in [3.05, 3.63) is 78.6 Å². The molecule has 0 saturated heterocycles. The highest BCUT2D eigenvalue weighted by atomic mass is 16.5. The van der Waals surface area contributed by atoms with E-state index < -0.39 is 6.10 Å². The number of hydrogen-bond acceptors (Lipinski definition) is 5. The summed E-state index contributed by atoms with van der Waals surface area (Å²) in [6.45, 7) is 2.70. The zero-order valence-corrected chi connectivity index (χ0v) is 17.4. The molecule has 3 rings (SSSR count). The van der Waals surface area contributed by atoms with Crippen molar-refractivity contribution in [2.24, 2.45) is 0 Å². The highest BCUT2D eigenvalue weighted by Crippen LogP contribution is 2.21. The van der Waals surface area contributed by atoms with E-state index in [9.17, 15) is 4.79 Å². The largest absolute Gasteiger partial charge is 0.493 e. The fourth-order valence-corrected chi connectivity index (χ4v) is 3.06. The summed E-state index contributed by atoms with van der Waals surface area (Å²) in [6, 6.07) is 19.8. The standard InChI is InChI=1S/C25H27NO4/c1-19(27)25(28-2)18-20-4-8-23(9-5-20)29-16-3-17-30-24-10-6-21(7-11-24)22-12-14-26-15-13-22/h4-15,25H,3,16-18H2,1-2H3/t25-/m0/s1. The molecule has 0 aliphatic heterocycles. The van der Waals surface area contributed by atoms with Gasteiger partial charge in [0.1, 0.15) is 17.6 Å². The zero-order valence-electron chi connectivity index (χ0n) is 17.4. The smallest absolute Gasteiger partial charge is 0.158 e. The van der Waals surface area contributed by atoms with Crippen molar-refractivity contribution in [3.8, 4) is 22.6 Å². The summed E-state index contributed by atoms with van der Waals surface area (Å²) in [5.74, 6) is 1.68. The lowest BCUT2D eigenvalue weighted by atomic mass is 10.1. The molecule has 2 aromatic carbocycles. The Kier molecular flexibility index (Phi) is 7.98. The number of Topliss-reactive ketones (excluding diaryl/α,β-unsaturated/α-hetero) is 1. The van der Waals surface area contributed by atoms with Crippen LogP contribution in [-0.4, -0.2) is 37.2 Å². The lowest BCUT2D eigenvalue weighted by Gasteiger charge is -2.12. The van der Waals surface area contributed by atoms with Crippen molar-refractivity contribution < 1.29 is 19.0 Å². The number of methoxy groups -OCH3 is 1. The predicted octanol–water partition coefficient (Wildman–Crippen LogP) is 4.74. The van der Waals surface area contributed by atoms with Gasteiger partial charge in [0.15, 0.2) is 5.78 Å². The molecule has 0 unspecified atom stereocenters. The van der Waals surface area contributed by atoms with Crippen LogP contribution in [0.2, 0.25) is 0 Å². The Bertz CT molecular complexity index is 908.